The quantitative estimate of drug-likeness (QED) is 0.529. The number of benzene rings is 1. The number of furan rings is 1. The van der Waals surface area contributed by atoms with Gasteiger partial charge in [-0.05, 0) is 40.0 Å². The van der Waals surface area contributed by atoms with Crippen molar-refractivity contribution in [3.05, 3.63) is 46.1 Å². The molecule has 1 radical (unpaired) electrons. The van der Waals surface area contributed by atoms with E-state index in [-0.39, 0.29) is 22.2 Å². The summed E-state index contributed by atoms with van der Waals surface area (Å²) in [5.41, 5.74) is -7.83. The fourth-order valence-corrected chi connectivity index (χ4v) is 2.86. The van der Waals surface area contributed by atoms with E-state index in [4.69, 9.17) is 4.42 Å². The average molecular weight is 418 g/mol. The van der Waals surface area contributed by atoms with Crippen molar-refractivity contribution < 1.29 is 35.2 Å². The smallest absolute Gasteiger partial charge is 0.435 e. The van der Waals surface area contributed by atoms with Crippen LogP contribution in [0.1, 0.15) is 18.1 Å². The minimum absolute atomic E-state index is 0.0114. The predicted molar refractivity (Wildman–Crippen MR) is 75.0 cm³/mol. The third-order valence-electron chi connectivity index (χ3n) is 3.38. The monoisotopic (exact) mass is 417 g/mol. The Morgan fingerprint density at radius 3 is 2.08 bits per heavy atom. The van der Waals surface area contributed by atoms with Gasteiger partial charge in [0.1, 0.15) is 5.76 Å². The van der Waals surface area contributed by atoms with Gasteiger partial charge in [0, 0.05) is 21.7 Å². The summed E-state index contributed by atoms with van der Waals surface area (Å²) in [5.74, 6) is -0.341. The molecule has 0 fully saturated rings. The van der Waals surface area contributed by atoms with Crippen LogP contribution in [-0.2, 0) is 12.1 Å². The zero-order valence-corrected chi connectivity index (χ0v) is 13.5. The largest absolute Gasteiger partial charge is 0.464 e. The molecular weight excluding hydrogens is 409 g/mol. The fraction of sp³-hybridized carbons (Fsp3) is 0.333. The van der Waals surface area contributed by atoms with Crippen molar-refractivity contribution in [2.45, 2.75) is 31.4 Å². The summed E-state index contributed by atoms with van der Waals surface area (Å²) in [6, 6.07) is 5.50. The second-order valence-electron chi connectivity index (χ2n) is 4.88. The van der Waals surface area contributed by atoms with Crippen LogP contribution in [0.4, 0.5) is 30.7 Å². The predicted octanol–water partition coefficient (Wildman–Crippen LogP) is 6.36. The number of halogens is 8. The summed E-state index contributed by atoms with van der Waals surface area (Å²) in [6.07, 6.45) is -11.3. The Hall–Kier alpha value is -1.51. The van der Waals surface area contributed by atoms with Crippen molar-refractivity contribution >= 4 is 15.9 Å². The van der Waals surface area contributed by atoms with E-state index in [1.807, 2.05) is 0 Å². The van der Waals surface area contributed by atoms with E-state index in [1.54, 1.807) is 0 Å². The van der Waals surface area contributed by atoms with Crippen molar-refractivity contribution in [3.8, 4) is 11.3 Å². The first kappa shape index (κ1) is 18.8. The van der Waals surface area contributed by atoms with Gasteiger partial charge in [0.15, 0.2) is 0 Å². The summed E-state index contributed by atoms with van der Waals surface area (Å²) in [4.78, 5) is 0. The highest BCUT2D eigenvalue weighted by atomic mass is 79.9. The molecule has 1 aromatic heterocycles. The first-order valence-corrected chi connectivity index (χ1v) is 7.34. The van der Waals surface area contributed by atoms with Gasteiger partial charge < -0.3 is 4.42 Å². The maximum atomic E-state index is 14.6. The molecule has 0 saturated carbocycles. The van der Waals surface area contributed by atoms with Crippen molar-refractivity contribution in [1.82, 2.24) is 0 Å². The molecular formula is C15H9BrF7O. The van der Waals surface area contributed by atoms with Gasteiger partial charge in [-0.3, -0.25) is 0 Å². The number of alkyl halides is 7. The Morgan fingerprint density at radius 2 is 1.67 bits per heavy atom. The van der Waals surface area contributed by atoms with Crippen LogP contribution in [0.5, 0.6) is 0 Å². The Morgan fingerprint density at radius 1 is 1.08 bits per heavy atom. The van der Waals surface area contributed by atoms with Crippen LogP contribution in [0, 0.1) is 6.07 Å². The lowest BCUT2D eigenvalue weighted by atomic mass is 9.87. The first-order valence-electron chi connectivity index (χ1n) is 6.55. The maximum Gasteiger partial charge on any atom is 0.435 e. The average Bonchev–Trinajstić information content (AvgIpc) is 2.96. The van der Waals surface area contributed by atoms with Crippen molar-refractivity contribution in [3.63, 3.8) is 0 Å². The van der Waals surface area contributed by atoms with Gasteiger partial charge in [-0.25, -0.2) is 4.39 Å². The van der Waals surface area contributed by atoms with Crippen LogP contribution in [-0.4, -0.2) is 12.4 Å². The minimum Gasteiger partial charge on any atom is -0.464 e. The zero-order valence-electron chi connectivity index (χ0n) is 11.9. The van der Waals surface area contributed by atoms with Crippen LogP contribution in [0.15, 0.2) is 33.4 Å². The molecule has 9 heteroatoms. The van der Waals surface area contributed by atoms with Gasteiger partial charge >= 0.3 is 18.0 Å². The third-order valence-corrected chi connectivity index (χ3v) is 3.97. The molecule has 0 atom stereocenters. The zero-order chi connectivity index (χ0) is 18.3. The minimum atomic E-state index is -6.21. The molecule has 0 N–H and O–H groups in total. The highest BCUT2D eigenvalue weighted by Gasteiger charge is 2.74. The molecule has 0 amide bonds. The lowest BCUT2D eigenvalue weighted by Gasteiger charge is -2.32. The summed E-state index contributed by atoms with van der Waals surface area (Å²) >= 11 is 2.87. The summed E-state index contributed by atoms with van der Waals surface area (Å²) in [6.45, 7) is 1.50. The van der Waals surface area contributed by atoms with Crippen molar-refractivity contribution in [2.75, 3.05) is 0 Å². The van der Waals surface area contributed by atoms with E-state index in [0.29, 0.717) is 6.07 Å². The third kappa shape index (κ3) is 2.94. The molecule has 0 spiro atoms. The second kappa shape index (κ2) is 6.09. The standard InChI is InChI=1S/C15H9BrF7O/c1-2-8-6-9(13(17,14(18,19)20)15(21,22)23)12(10(16)7-8)11-4-3-5-24-11/h3-6H,2H2,1H3. The number of hydrogen-bond acceptors (Lipinski definition) is 1. The Labute approximate surface area is 140 Å². The van der Waals surface area contributed by atoms with Crippen LogP contribution >= 0.6 is 15.9 Å². The molecule has 0 bridgehead atoms. The van der Waals surface area contributed by atoms with Crippen LogP contribution in [0.2, 0.25) is 0 Å². The highest BCUT2D eigenvalue weighted by Crippen LogP contribution is 2.56. The van der Waals surface area contributed by atoms with Gasteiger partial charge in [0.05, 0.1) is 6.26 Å². The summed E-state index contributed by atoms with van der Waals surface area (Å²) in [5, 5.41) is 0. The fourth-order valence-electron chi connectivity index (χ4n) is 2.19. The molecule has 1 heterocycles. The molecule has 131 valence electrons. The van der Waals surface area contributed by atoms with E-state index in [9.17, 15) is 30.7 Å². The van der Waals surface area contributed by atoms with Gasteiger partial charge in [0.25, 0.3) is 0 Å². The maximum absolute atomic E-state index is 14.6. The van der Waals surface area contributed by atoms with E-state index < -0.39 is 29.1 Å². The Kier molecular flexibility index (Phi) is 4.78. The second-order valence-corrected chi connectivity index (χ2v) is 5.68. The van der Waals surface area contributed by atoms with Gasteiger partial charge in [-0.15, -0.1) is 0 Å². The van der Waals surface area contributed by atoms with Gasteiger partial charge in [0.2, 0.25) is 0 Å². The molecule has 0 unspecified atom stereocenters. The molecule has 0 aliphatic heterocycles. The topological polar surface area (TPSA) is 13.1 Å². The molecule has 24 heavy (non-hydrogen) atoms. The molecule has 1 aromatic carbocycles. The molecule has 0 aliphatic carbocycles. The Bertz CT molecular complexity index is 703. The lowest BCUT2D eigenvalue weighted by molar-refractivity contribution is -0.348. The SMILES string of the molecule is CCc1[c]c(Br)c(-c2ccco2)c(C(F)(C(F)(F)F)C(F)(F)F)c1. The van der Waals surface area contributed by atoms with Crippen LogP contribution < -0.4 is 0 Å². The van der Waals surface area contributed by atoms with E-state index in [1.165, 1.54) is 13.0 Å². The molecule has 0 aliphatic rings. The highest BCUT2D eigenvalue weighted by molar-refractivity contribution is 9.10. The van der Waals surface area contributed by atoms with E-state index >= 15 is 0 Å². The number of rotatable bonds is 3. The number of hydrogen-bond donors (Lipinski definition) is 0. The lowest BCUT2D eigenvalue weighted by Crippen LogP contribution is -2.50. The van der Waals surface area contributed by atoms with Crippen molar-refractivity contribution in [1.29, 1.82) is 0 Å². The van der Waals surface area contributed by atoms with E-state index in [2.05, 4.69) is 22.0 Å². The normalized spacial score (nSPS) is 13.4. The van der Waals surface area contributed by atoms with Gasteiger partial charge in [-0.1, -0.05) is 13.0 Å². The Balaban J connectivity index is 2.92. The summed E-state index contributed by atoms with van der Waals surface area (Å²) in [7, 11) is 0. The molecule has 0 saturated heterocycles. The van der Waals surface area contributed by atoms with Crippen molar-refractivity contribution in [2.24, 2.45) is 0 Å². The van der Waals surface area contributed by atoms with Gasteiger partial charge in [-0.2, -0.15) is 26.3 Å². The molecule has 2 aromatic rings. The van der Waals surface area contributed by atoms with Crippen LogP contribution in [0.25, 0.3) is 11.3 Å². The molecule has 2 rings (SSSR count). The van der Waals surface area contributed by atoms with E-state index in [0.717, 1.165) is 12.3 Å². The van der Waals surface area contributed by atoms with Crippen LogP contribution in [0.3, 0.4) is 0 Å². The number of aryl methyl sites for hydroxylation is 1. The summed E-state index contributed by atoms with van der Waals surface area (Å²) < 4.78 is 97.9. The first-order chi connectivity index (χ1) is 10.9. The molecule has 1 nitrogen and oxygen atoms in total.